The quantitative estimate of drug-likeness (QED) is 0.473. The van der Waals surface area contributed by atoms with E-state index in [0.717, 1.165) is 11.1 Å². The van der Waals surface area contributed by atoms with E-state index in [-0.39, 0.29) is 23.7 Å². The highest BCUT2D eigenvalue weighted by molar-refractivity contribution is 6.37. The third kappa shape index (κ3) is 4.35. The van der Waals surface area contributed by atoms with Crippen LogP contribution in [-0.4, -0.2) is 23.8 Å². The molecule has 0 bridgehead atoms. The van der Waals surface area contributed by atoms with Gasteiger partial charge in [-0.15, -0.1) is 0 Å². The van der Waals surface area contributed by atoms with Crippen molar-refractivity contribution in [2.24, 2.45) is 0 Å². The van der Waals surface area contributed by atoms with Gasteiger partial charge < -0.3 is 10.1 Å². The molecule has 0 radical (unpaired) electrons. The van der Waals surface area contributed by atoms with Crippen molar-refractivity contribution >= 4 is 46.3 Å². The van der Waals surface area contributed by atoms with Gasteiger partial charge in [-0.2, -0.15) is 0 Å². The average molecular weight is 467 g/mol. The lowest BCUT2D eigenvalue weighted by Gasteiger charge is -2.16. The first kappa shape index (κ1) is 21.9. The number of aryl methyl sites for hydroxylation is 1. The number of methoxy groups -OCH3 is 1. The van der Waals surface area contributed by atoms with Crippen LogP contribution in [0.25, 0.3) is 5.57 Å². The molecule has 0 aliphatic carbocycles. The highest BCUT2D eigenvalue weighted by Gasteiger charge is 2.39. The van der Waals surface area contributed by atoms with Crippen molar-refractivity contribution in [1.82, 2.24) is 4.90 Å². The lowest BCUT2D eigenvalue weighted by molar-refractivity contribution is -0.137. The molecule has 5 nitrogen and oxygen atoms in total. The summed E-state index contributed by atoms with van der Waals surface area (Å²) >= 11 is 12.0. The lowest BCUT2D eigenvalue weighted by Crippen LogP contribution is -2.32. The topological polar surface area (TPSA) is 58.6 Å². The van der Waals surface area contributed by atoms with Crippen LogP contribution < -0.4 is 10.1 Å². The molecule has 0 aromatic heterocycles. The number of halogens is 2. The summed E-state index contributed by atoms with van der Waals surface area (Å²) in [4.78, 5) is 28.1. The fourth-order valence-electron chi connectivity index (χ4n) is 3.55. The van der Waals surface area contributed by atoms with E-state index >= 15 is 0 Å². The number of benzene rings is 3. The Labute approximate surface area is 196 Å². The van der Waals surface area contributed by atoms with Gasteiger partial charge in [0.15, 0.2) is 0 Å². The first-order valence-electron chi connectivity index (χ1n) is 9.90. The number of carbonyl (C=O) groups excluding carboxylic acids is 2. The molecular formula is C25H20Cl2N2O3. The Balaban J connectivity index is 1.77. The number of nitrogens with zero attached hydrogens (tertiary/aromatic N) is 1. The smallest absolute Gasteiger partial charge is 0.278 e. The Kier molecular flexibility index (Phi) is 6.21. The zero-order valence-corrected chi connectivity index (χ0v) is 19.0. The van der Waals surface area contributed by atoms with Gasteiger partial charge in [-0.05, 0) is 60.0 Å². The van der Waals surface area contributed by atoms with Crippen molar-refractivity contribution in [3.8, 4) is 5.75 Å². The molecule has 0 unspecified atom stereocenters. The number of hydrogen-bond donors (Lipinski definition) is 1. The number of anilines is 1. The number of hydrogen-bond acceptors (Lipinski definition) is 4. The molecule has 4 rings (SSSR count). The van der Waals surface area contributed by atoms with Crippen molar-refractivity contribution < 1.29 is 14.3 Å². The minimum atomic E-state index is -0.418. The summed E-state index contributed by atoms with van der Waals surface area (Å²) in [7, 11) is 1.55. The minimum absolute atomic E-state index is 0.127. The minimum Gasteiger partial charge on any atom is -0.495 e. The van der Waals surface area contributed by atoms with Gasteiger partial charge in [0.25, 0.3) is 11.8 Å². The van der Waals surface area contributed by atoms with E-state index in [0.29, 0.717) is 27.0 Å². The normalized spacial score (nSPS) is 13.7. The maximum absolute atomic E-state index is 13.4. The van der Waals surface area contributed by atoms with E-state index in [4.69, 9.17) is 27.9 Å². The standard InChI is InChI=1S/C25H20Cl2N2O3/c1-15-3-12-21(32-2)20(13-15)28-23-22(17-6-10-19(27)11-7-17)24(30)29(25(23)31)14-16-4-8-18(26)9-5-16/h3-13,28H,14H2,1-2H3. The Morgan fingerprint density at radius 2 is 1.50 bits per heavy atom. The molecule has 3 aromatic carbocycles. The SMILES string of the molecule is COc1ccc(C)cc1NC1=C(c2ccc(Cl)cc2)C(=O)N(Cc2ccc(Cl)cc2)C1=O. The molecule has 0 saturated heterocycles. The summed E-state index contributed by atoms with van der Waals surface area (Å²) in [5.74, 6) is -0.241. The Bertz CT molecular complexity index is 1220. The molecule has 0 fully saturated rings. The fraction of sp³-hybridized carbons (Fsp3) is 0.120. The van der Waals surface area contributed by atoms with Crippen molar-refractivity contribution in [2.45, 2.75) is 13.5 Å². The van der Waals surface area contributed by atoms with Gasteiger partial charge in [-0.1, -0.05) is 53.5 Å². The van der Waals surface area contributed by atoms with Crippen molar-refractivity contribution in [3.05, 3.63) is 99.2 Å². The predicted octanol–water partition coefficient (Wildman–Crippen LogP) is 5.70. The molecular weight excluding hydrogens is 447 g/mol. The summed E-state index contributed by atoms with van der Waals surface area (Å²) in [6.07, 6.45) is 0. The number of rotatable bonds is 6. The molecule has 0 spiro atoms. The van der Waals surface area contributed by atoms with Crippen LogP contribution in [0.4, 0.5) is 5.69 Å². The third-order valence-electron chi connectivity index (χ3n) is 5.17. The van der Waals surface area contributed by atoms with Crippen LogP contribution >= 0.6 is 23.2 Å². The van der Waals surface area contributed by atoms with Crippen LogP contribution in [0.15, 0.2) is 72.4 Å². The van der Waals surface area contributed by atoms with Crippen molar-refractivity contribution in [1.29, 1.82) is 0 Å². The lowest BCUT2D eigenvalue weighted by atomic mass is 10.0. The summed E-state index contributed by atoms with van der Waals surface area (Å²) in [5, 5.41) is 4.28. The van der Waals surface area contributed by atoms with Gasteiger partial charge in [-0.25, -0.2) is 0 Å². The fourth-order valence-corrected chi connectivity index (χ4v) is 3.80. The van der Waals surface area contributed by atoms with E-state index in [1.807, 2.05) is 25.1 Å². The van der Waals surface area contributed by atoms with E-state index in [1.54, 1.807) is 55.6 Å². The van der Waals surface area contributed by atoms with Crippen LogP contribution in [0.1, 0.15) is 16.7 Å². The van der Waals surface area contributed by atoms with Crippen LogP contribution in [0.5, 0.6) is 5.75 Å². The highest BCUT2D eigenvalue weighted by atomic mass is 35.5. The molecule has 1 aliphatic rings. The van der Waals surface area contributed by atoms with Crippen LogP contribution in [-0.2, 0) is 16.1 Å². The second kappa shape index (κ2) is 9.07. The number of ether oxygens (including phenoxy) is 1. The first-order valence-corrected chi connectivity index (χ1v) is 10.7. The highest BCUT2D eigenvalue weighted by Crippen LogP contribution is 2.35. The van der Waals surface area contributed by atoms with E-state index in [1.165, 1.54) is 4.90 Å². The van der Waals surface area contributed by atoms with Crippen LogP contribution in [0.2, 0.25) is 10.0 Å². The van der Waals surface area contributed by atoms with E-state index in [9.17, 15) is 9.59 Å². The predicted molar refractivity (Wildman–Crippen MR) is 127 cm³/mol. The zero-order chi connectivity index (χ0) is 22.8. The van der Waals surface area contributed by atoms with Crippen molar-refractivity contribution in [3.63, 3.8) is 0 Å². The average Bonchev–Trinajstić information content (AvgIpc) is 3.00. The summed E-state index contributed by atoms with van der Waals surface area (Å²) in [5.41, 5.74) is 3.45. The number of carbonyl (C=O) groups is 2. The number of nitrogens with one attached hydrogen (secondary N) is 1. The first-order chi connectivity index (χ1) is 15.4. The largest absolute Gasteiger partial charge is 0.495 e. The third-order valence-corrected chi connectivity index (χ3v) is 5.67. The molecule has 7 heteroatoms. The van der Waals surface area contributed by atoms with Gasteiger partial charge in [0.1, 0.15) is 11.4 Å². The second-order valence-electron chi connectivity index (χ2n) is 7.41. The molecule has 0 atom stereocenters. The number of imide groups is 1. The van der Waals surface area contributed by atoms with Gasteiger partial charge >= 0.3 is 0 Å². The molecule has 0 saturated carbocycles. The molecule has 1 N–H and O–H groups in total. The number of amides is 2. The Morgan fingerprint density at radius 3 is 2.12 bits per heavy atom. The molecule has 1 heterocycles. The molecule has 32 heavy (non-hydrogen) atoms. The Hall–Kier alpha value is -3.28. The molecule has 1 aliphatic heterocycles. The van der Waals surface area contributed by atoms with Gasteiger partial charge in [0.2, 0.25) is 0 Å². The van der Waals surface area contributed by atoms with Gasteiger partial charge in [-0.3, -0.25) is 14.5 Å². The van der Waals surface area contributed by atoms with Crippen LogP contribution in [0.3, 0.4) is 0 Å². The van der Waals surface area contributed by atoms with Gasteiger partial charge in [0.05, 0.1) is 24.9 Å². The molecule has 3 aromatic rings. The summed E-state index contributed by atoms with van der Waals surface area (Å²) < 4.78 is 5.44. The maximum Gasteiger partial charge on any atom is 0.278 e. The second-order valence-corrected chi connectivity index (χ2v) is 8.28. The molecule has 2 amide bonds. The molecule has 162 valence electrons. The monoisotopic (exact) mass is 466 g/mol. The van der Waals surface area contributed by atoms with Gasteiger partial charge in [0, 0.05) is 10.0 Å². The van der Waals surface area contributed by atoms with E-state index in [2.05, 4.69) is 5.32 Å². The van der Waals surface area contributed by atoms with E-state index < -0.39 is 5.91 Å². The maximum atomic E-state index is 13.4. The van der Waals surface area contributed by atoms with Crippen LogP contribution in [0, 0.1) is 6.92 Å². The zero-order valence-electron chi connectivity index (χ0n) is 17.5. The Morgan fingerprint density at radius 1 is 0.875 bits per heavy atom. The summed E-state index contributed by atoms with van der Waals surface area (Å²) in [6, 6.07) is 19.5. The summed E-state index contributed by atoms with van der Waals surface area (Å²) in [6.45, 7) is 2.07. The van der Waals surface area contributed by atoms with Crippen molar-refractivity contribution in [2.75, 3.05) is 12.4 Å².